The van der Waals surface area contributed by atoms with Gasteiger partial charge in [0.1, 0.15) is 23.8 Å². The maximum atomic E-state index is 15.5. The zero-order valence-electron chi connectivity index (χ0n) is 30.8. The number of piperidine rings is 1. The van der Waals surface area contributed by atoms with Gasteiger partial charge in [-0.2, -0.15) is 4.98 Å². The molecule has 0 saturated carbocycles. The zero-order chi connectivity index (χ0) is 36.5. The topological polar surface area (TPSA) is 64.1 Å². The van der Waals surface area contributed by atoms with E-state index in [1.807, 2.05) is 111 Å². The van der Waals surface area contributed by atoms with E-state index in [0.717, 1.165) is 18.4 Å². The van der Waals surface area contributed by atoms with Crippen LogP contribution in [0.25, 0.3) is 11.1 Å². The SMILES string of the molecule is CC.CC.CC.CC.CC(C)(C)OC(=O)N1CCC2(CC1)CN(c1cc(F)c(-c3ccc(OBr)nc3OCc3ccccc3)c(F)c1)C2. The van der Waals surface area contributed by atoms with Crippen molar-refractivity contribution < 1.29 is 26.9 Å². The highest BCUT2D eigenvalue weighted by atomic mass is 79.9. The van der Waals surface area contributed by atoms with Gasteiger partial charge in [0.25, 0.3) is 0 Å². The number of carbonyl (C=O) groups is 1. The number of hydrogen-bond donors (Lipinski definition) is 0. The van der Waals surface area contributed by atoms with Gasteiger partial charge in [0.05, 0.1) is 11.1 Å². The van der Waals surface area contributed by atoms with E-state index < -0.39 is 17.2 Å². The molecule has 2 aliphatic heterocycles. The van der Waals surface area contributed by atoms with Crippen molar-refractivity contribution in [1.29, 1.82) is 0 Å². The number of anilines is 1. The molecule has 0 radical (unpaired) electrons. The van der Waals surface area contributed by atoms with E-state index in [-0.39, 0.29) is 41.0 Å². The molecule has 2 saturated heterocycles. The lowest BCUT2D eigenvalue weighted by Gasteiger charge is -2.55. The van der Waals surface area contributed by atoms with E-state index in [9.17, 15) is 4.79 Å². The predicted molar refractivity (Wildman–Crippen MR) is 197 cm³/mol. The number of rotatable bonds is 6. The monoisotopic (exact) mass is 735 g/mol. The maximum Gasteiger partial charge on any atom is 0.410 e. The van der Waals surface area contributed by atoms with Crippen LogP contribution in [-0.2, 0) is 11.3 Å². The number of hydrogen-bond acceptors (Lipinski definition) is 6. The summed E-state index contributed by atoms with van der Waals surface area (Å²) in [5.41, 5.74) is 0.855. The van der Waals surface area contributed by atoms with Gasteiger partial charge in [-0.3, -0.25) is 0 Å². The van der Waals surface area contributed by atoms with Gasteiger partial charge in [-0.1, -0.05) is 85.7 Å². The van der Waals surface area contributed by atoms with E-state index in [1.165, 1.54) is 24.3 Å². The summed E-state index contributed by atoms with van der Waals surface area (Å²) in [5, 5.41) is 0. The Balaban J connectivity index is 0.00000134. The van der Waals surface area contributed by atoms with Gasteiger partial charge in [-0.15, -0.1) is 0 Å². The standard InChI is InChI=1S/C30H32BrF2N3O4.4C2H6/c1-29(2,3)39-28(37)35-13-11-30(12-14-35)18-36(19-30)21-15-23(32)26(24(33)16-21)22-9-10-25(40-31)34-27(22)38-17-20-7-5-4-6-8-20;4*1-2/h4-10,15-16H,11-14,17-19H2,1-3H3;4*1-2H3. The number of amides is 1. The molecule has 0 atom stereocenters. The van der Waals surface area contributed by atoms with Crippen molar-refractivity contribution in [1.82, 2.24) is 9.88 Å². The van der Waals surface area contributed by atoms with Crippen LogP contribution in [0.2, 0.25) is 0 Å². The molecule has 7 nitrogen and oxygen atoms in total. The summed E-state index contributed by atoms with van der Waals surface area (Å²) in [7, 11) is 0. The van der Waals surface area contributed by atoms with Crippen LogP contribution >= 0.6 is 16.3 Å². The molecule has 0 bridgehead atoms. The molecular weight excluding hydrogens is 680 g/mol. The third kappa shape index (κ3) is 11.6. The van der Waals surface area contributed by atoms with Crippen molar-refractivity contribution >= 4 is 28.0 Å². The van der Waals surface area contributed by atoms with Crippen LogP contribution < -0.4 is 13.5 Å². The first-order valence-corrected chi connectivity index (χ1v) is 17.9. The van der Waals surface area contributed by atoms with Crippen LogP contribution in [0.5, 0.6) is 11.8 Å². The largest absolute Gasteiger partial charge is 0.472 e. The number of pyridine rings is 1. The van der Waals surface area contributed by atoms with Crippen LogP contribution in [0.4, 0.5) is 19.3 Å². The molecule has 48 heavy (non-hydrogen) atoms. The van der Waals surface area contributed by atoms with Crippen molar-refractivity contribution in [3.63, 3.8) is 0 Å². The van der Waals surface area contributed by atoms with Gasteiger partial charge in [0, 0.05) is 43.3 Å². The van der Waals surface area contributed by atoms with E-state index in [0.29, 0.717) is 31.9 Å². The fourth-order valence-corrected chi connectivity index (χ4v) is 5.42. The summed E-state index contributed by atoms with van der Waals surface area (Å²) in [6.07, 6.45) is 1.35. The van der Waals surface area contributed by atoms with E-state index in [4.69, 9.17) is 13.3 Å². The number of benzene rings is 2. The van der Waals surface area contributed by atoms with Crippen LogP contribution in [0.15, 0.2) is 54.6 Å². The smallest absolute Gasteiger partial charge is 0.410 e. The van der Waals surface area contributed by atoms with Gasteiger partial charge in [0.2, 0.25) is 11.8 Å². The molecule has 2 aliphatic rings. The number of nitrogens with zero attached hydrogens (tertiary/aromatic N) is 3. The Bertz CT molecular complexity index is 1350. The second-order valence-electron chi connectivity index (χ2n) is 11.5. The zero-order valence-corrected chi connectivity index (χ0v) is 32.3. The molecule has 0 N–H and O–H groups in total. The summed E-state index contributed by atoms with van der Waals surface area (Å²) in [6, 6.07) is 15.2. The van der Waals surface area contributed by atoms with Gasteiger partial charge in [-0.25, -0.2) is 13.6 Å². The molecule has 1 aromatic heterocycles. The van der Waals surface area contributed by atoms with E-state index in [2.05, 4.69) is 21.2 Å². The molecule has 1 amide bonds. The fraction of sp³-hybridized carbons (Fsp3) is 0.526. The lowest BCUT2D eigenvalue weighted by molar-refractivity contribution is 0.00596. The first-order chi connectivity index (χ1) is 23.1. The Kier molecular flexibility index (Phi) is 18.5. The number of halogens is 3. The quantitative estimate of drug-likeness (QED) is 0.251. The number of aromatic nitrogens is 1. The Hall–Kier alpha value is -3.40. The number of carbonyl (C=O) groups excluding carboxylic acids is 1. The average Bonchev–Trinajstić information content (AvgIpc) is 3.09. The molecule has 2 aromatic carbocycles. The molecule has 5 rings (SSSR count). The highest BCUT2D eigenvalue weighted by Gasteiger charge is 2.46. The van der Waals surface area contributed by atoms with Crippen molar-refractivity contribution in [3.8, 4) is 22.9 Å². The maximum absolute atomic E-state index is 15.5. The molecule has 268 valence electrons. The molecule has 1 spiro atoms. The van der Waals surface area contributed by atoms with Crippen LogP contribution in [0, 0.1) is 17.0 Å². The second kappa shape index (κ2) is 20.9. The van der Waals surface area contributed by atoms with Crippen molar-refractivity contribution in [2.75, 3.05) is 31.1 Å². The number of likely N-dealkylation sites (tertiary alicyclic amines) is 1. The fourth-order valence-electron chi connectivity index (χ4n) is 5.24. The summed E-state index contributed by atoms with van der Waals surface area (Å²) >= 11 is 2.89. The Morgan fingerprint density at radius 2 is 1.42 bits per heavy atom. The molecule has 3 aromatic rings. The molecule has 10 heteroatoms. The minimum absolute atomic E-state index is 0.0258. The third-order valence-electron chi connectivity index (χ3n) is 7.32. The summed E-state index contributed by atoms with van der Waals surface area (Å²) in [4.78, 5) is 20.4. The molecule has 0 unspecified atom stereocenters. The normalized spacial score (nSPS) is 14.2. The van der Waals surface area contributed by atoms with Crippen LogP contribution in [0.1, 0.15) is 94.6 Å². The van der Waals surface area contributed by atoms with Crippen LogP contribution in [-0.4, -0.2) is 47.8 Å². The molecule has 3 heterocycles. The van der Waals surface area contributed by atoms with E-state index in [1.54, 1.807) is 4.90 Å². The van der Waals surface area contributed by atoms with Gasteiger partial charge in [0.15, 0.2) is 16.3 Å². The predicted octanol–water partition coefficient (Wildman–Crippen LogP) is 11.2. The minimum atomic E-state index is -0.699. The average molecular weight is 737 g/mol. The van der Waals surface area contributed by atoms with Gasteiger partial charge < -0.3 is 23.1 Å². The highest BCUT2D eigenvalue weighted by molar-refractivity contribution is 9.06. The van der Waals surface area contributed by atoms with Crippen molar-refractivity contribution in [3.05, 3.63) is 71.8 Å². The van der Waals surface area contributed by atoms with E-state index >= 15 is 8.78 Å². The molecule has 2 fully saturated rings. The van der Waals surface area contributed by atoms with Gasteiger partial charge in [-0.05, 0) is 57.4 Å². The first-order valence-electron chi connectivity index (χ1n) is 17.2. The summed E-state index contributed by atoms with van der Waals surface area (Å²) in [5.74, 6) is -1.14. The highest BCUT2D eigenvalue weighted by Crippen LogP contribution is 2.44. The second-order valence-corrected chi connectivity index (χ2v) is 11.8. The third-order valence-corrected chi connectivity index (χ3v) is 7.65. The lowest BCUT2D eigenvalue weighted by Crippen LogP contribution is -2.61. The Labute approximate surface area is 296 Å². The van der Waals surface area contributed by atoms with Crippen molar-refractivity contribution in [2.45, 2.75) is 101 Å². The minimum Gasteiger partial charge on any atom is -0.472 e. The van der Waals surface area contributed by atoms with Gasteiger partial charge >= 0.3 is 6.09 Å². The summed E-state index contributed by atoms with van der Waals surface area (Å²) in [6.45, 7) is 24.3. The number of ether oxygens (including phenoxy) is 2. The van der Waals surface area contributed by atoms with Crippen molar-refractivity contribution in [2.24, 2.45) is 5.41 Å². The molecular formula is C38H56BrF2N3O4. The lowest BCUT2D eigenvalue weighted by atomic mass is 9.72. The Morgan fingerprint density at radius 3 is 1.92 bits per heavy atom. The Morgan fingerprint density at radius 1 is 0.875 bits per heavy atom. The summed E-state index contributed by atoms with van der Waals surface area (Å²) < 4.78 is 47.4. The van der Waals surface area contributed by atoms with Crippen LogP contribution in [0.3, 0.4) is 0 Å². The first kappa shape index (κ1) is 42.6. The molecule has 0 aliphatic carbocycles.